The lowest BCUT2D eigenvalue weighted by Gasteiger charge is -2.12. The highest BCUT2D eigenvalue weighted by molar-refractivity contribution is 6.17. The minimum atomic E-state index is 0.417. The van der Waals surface area contributed by atoms with Gasteiger partial charge in [-0.05, 0) is 31.9 Å². The summed E-state index contributed by atoms with van der Waals surface area (Å²) in [4.78, 5) is 0. The second kappa shape index (κ2) is 6.80. The van der Waals surface area contributed by atoms with Crippen LogP contribution in [0.25, 0.3) is 0 Å². The Labute approximate surface area is 125 Å². The van der Waals surface area contributed by atoms with Gasteiger partial charge in [0.1, 0.15) is 12.4 Å². The third-order valence-corrected chi connectivity index (χ3v) is 3.80. The van der Waals surface area contributed by atoms with Crippen LogP contribution in [0.2, 0.25) is 0 Å². The van der Waals surface area contributed by atoms with E-state index >= 15 is 0 Å². The number of aromatic nitrogens is 2. The Balaban J connectivity index is 2.07. The number of hydrogen-bond acceptors (Lipinski definition) is 2. The van der Waals surface area contributed by atoms with E-state index in [9.17, 15) is 0 Å². The summed E-state index contributed by atoms with van der Waals surface area (Å²) in [7, 11) is 0. The van der Waals surface area contributed by atoms with Gasteiger partial charge in [0.25, 0.3) is 0 Å². The fraction of sp³-hybridized carbons (Fsp3) is 0.438. The summed E-state index contributed by atoms with van der Waals surface area (Å²) < 4.78 is 7.90. The van der Waals surface area contributed by atoms with E-state index in [1.807, 2.05) is 42.1 Å². The minimum absolute atomic E-state index is 0.417. The number of rotatable bonds is 6. The van der Waals surface area contributed by atoms with Crippen molar-refractivity contribution >= 4 is 11.6 Å². The van der Waals surface area contributed by atoms with Crippen molar-refractivity contribution in [2.24, 2.45) is 0 Å². The second-order valence-electron chi connectivity index (χ2n) is 5.03. The maximum absolute atomic E-state index is 5.95. The molecule has 0 radical (unpaired) electrons. The van der Waals surface area contributed by atoms with Crippen LogP contribution in [0.1, 0.15) is 43.1 Å². The molecule has 0 bridgehead atoms. The Kier molecular flexibility index (Phi) is 5.07. The first-order chi connectivity index (χ1) is 9.65. The zero-order valence-electron chi connectivity index (χ0n) is 12.3. The van der Waals surface area contributed by atoms with E-state index < -0.39 is 0 Å². The zero-order valence-corrected chi connectivity index (χ0v) is 13.0. The molecule has 3 nitrogen and oxygen atoms in total. The topological polar surface area (TPSA) is 27.1 Å². The second-order valence-corrected chi connectivity index (χ2v) is 5.30. The van der Waals surface area contributed by atoms with Crippen molar-refractivity contribution in [3.8, 4) is 5.75 Å². The van der Waals surface area contributed by atoms with Crippen molar-refractivity contribution < 1.29 is 4.74 Å². The highest BCUT2D eigenvalue weighted by atomic mass is 35.5. The molecule has 0 saturated heterocycles. The lowest BCUT2D eigenvalue weighted by atomic mass is 10.1. The number of hydrogen-bond donors (Lipinski definition) is 0. The highest BCUT2D eigenvalue weighted by Gasteiger charge is 2.09. The lowest BCUT2D eigenvalue weighted by Crippen LogP contribution is -2.06. The molecular formula is C16H21ClN2O. The largest absolute Gasteiger partial charge is 0.487 e. The van der Waals surface area contributed by atoms with Gasteiger partial charge in [-0.25, -0.2) is 0 Å². The Morgan fingerprint density at radius 2 is 2.15 bits per heavy atom. The fourth-order valence-electron chi connectivity index (χ4n) is 2.06. The van der Waals surface area contributed by atoms with Gasteiger partial charge >= 0.3 is 0 Å². The Bertz CT molecular complexity index is 565. The molecule has 1 heterocycles. The Morgan fingerprint density at radius 1 is 1.35 bits per heavy atom. The lowest BCUT2D eigenvalue weighted by molar-refractivity contribution is 0.294. The van der Waals surface area contributed by atoms with Crippen molar-refractivity contribution in [1.29, 1.82) is 0 Å². The monoisotopic (exact) mass is 292 g/mol. The first kappa shape index (κ1) is 14.9. The number of aryl methyl sites for hydroxylation is 1. The minimum Gasteiger partial charge on any atom is -0.487 e. The van der Waals surface area contributed by atoms with E-state index in [2.05, 4.69) is 18.9 Å². The van der Waals surface area contributed by atoms with Crippen LogP contribution in [0.4, 0.5) is 0 Å². The summed E-state index contributed by atoms with van der Waals surface area (Å²) in [6.45, 7) is 6.81. The molecule has 1 atom stereocenters. The molecule has 2 rings (SSSR count). The van der Waals surface area contributed by atoms with Crippen LogP contribution >= 0.6 is 11.6 Å². The molecule has 0 aliphatic rings. The molecule has 2 aromatic rings. The summed E-state index contributed by atoms with van der Waals surface area (Å²) in [5.74, 6) is 1.33. The smallest absolute Gasteiger partial charge is 0.132 e. The van der Waals surface area contributed by atoms with Gasteiger partial charge in [-0.3, -0.25) is 4.68 Å². The van der Waals surface area contributed by atoms with Crippen LogP contribution in [-0.2, 0) is 12.5 Å². The van der Waals surface area contributed by atoms with Gasteiger partial charge in [0, 0.05) is 17.8 Å². The van der Waals surface area contributed by atoms with E-state index in [0.717, 1.165) is 29.0 Å². The average molecular weight is 293 g/mol. The molecule has 1 unspecified atom stereocenters. The zero-order chi connectivity index (χ0) is 14.5. The molecule has 0 spiro atoms. The van der Waals surface area contributed by atoms with Gasteiger partial charge in [0.05, 0.1) is 11.6 Å². The van der Waals surface area contributed by atoms with Crippen LogP contribution in [0.5, 0.6) is 5.75 Å². The number of nitrogens with zero attached hydrogens (tertiary/aromatic N) is 2. The molecule has 0 saturated carbocycles. The first-order valence-electron chi connectivity index (χ1n) is 6.97. The van der Waals surface area contributed by atoms with Gasteiger partial charge in [-0.15, -0.1) is 11.6 Å². The maximum Gasteiger partial charge on any atom is 0.132 e. The Hall–Kier alpha value is -1.48. The van der Waals surface area contributed by atoms with Crippen molar-refractivity contribution in [2.45, 2.75) is 45.7 Å². The normalized spacial score (nSPS) is 12.4. The quantitative estimate of drug-likeness (QED) is 0.734. The molecule has 1 aromatic carbocycles. The molecule has 20 heavy (non-hydrogen) atoms. The predicted molar refractivity (Wildman–Crippen MR) is 82.3 cm³/mol. The van der Waals surface area contributed by atoms with Crippen LogP contribution in [0, 0.1) is 6.92 Å². The molecule has 0 amide bonds. The van der Waals surface area contributed by atoms with E-state index in [0.29, 0.717) is 18.5 Å². The number of alkyl halides is 1. The molecule has 0 aliphatic heterocycles. The number of ether oxygens (including phenoxy) is 1. The van der Waals surface area contributed by atoms with Gasteiger partial charge in [-0.1, -0.05) is 25.1 Å². The molecular weight excluding hydrogens is 272 g/mol. The molecule has 0 aliphatic carbocycles. The van der Waals surface area contributed by atoms with Crippen molar-refractivity contribution in [2.75, 3.05) is 0 Å². The van der Waals surface area contributed by atoms with Crippen LogP contribution in [0.3, 0.4) is 0 Å². The molecule has 0 N–H and O–H groups in total. The molecule has 4 heteroatoms. The fourth-order valence-corrected chi connectivity index (χ4v) is 2.27. The maximum atomic E-state index is 5.95. The summed E-state index contributed by atoms with van der Waals surface area (Å²) in [6, 6.07) is 8.44. The Morgan fingerprint density at radius 3 is 2.85 bits per heavy atom. The van der Waals surface area contributed by atoms with Gasteiger partial charge < -0.3 is 4.74 Å². The van der Waals surface area contributed by atoms with Crippen LogP contribution in [0.15, 0.2) is 30.5 Å². The third-order valence-electron chi connectivity index (χ3n) is 3.51. The predicted octanol–water partition coefficient (Wildman–Crippen LogP) is 4.48. The third kappa shape index (κ3) is 3.34. The highest BCUT2D eigenvalue weighted by Crippen LogP contribution is 2.25. The van der Waals surface area contributed by atoms with Gasteiger partial charge in [0.2, 0.25) is 0 Å². The van der Waals surface area contributed by atoms with E-state index in [-0.39, 0.29) is 0 Å². The van der Waals surface area contributed by atoms with Crippen molar-refractivity contribution in [1.82, 2.24) is 9.78 Å². The summed E-state index contributed by atoms with van der Waals surface area (Å²) >= 11 is 5.95. The van der Waals surface area contributed by atoms with Crippen LogP contribution in [-0.4, -0.2) is 9.78 Å². The van der Waals surface area contributed by atoms with E-state index in [4.69, 9.17) is 16.3 Å². The van der Waals surface area contributed by atoms with Gasteiger partial charge in [0.15, 0.2) is 0 Å². The van der Waals surface area contributed by atoms with Crippen LogP contribution < -0.4 is 4.74 Å². The number of halogens is 1. The van der Waals surface area contributed by atoms with Gasteiger partial charge in [-0.2, -0.15) is 5.10 Å². The average Bonchev–Trinajstić information content (AvgIpc) is 2.93. The molecule has 0 fully saturated rings. The SMILES string of the molecule is CCC(C)n1ccc(COc2c(C)cccc2CCl)n1. The first-order valence-corrected chi connectivity index (χ1v) is 7.50. The van der Waals surface area contributed by atoms with E-state index in [1.54, 1.807) is 0 Å². The summed E-state index contributed by atoms with van der Waals surface area (Å²) in [5, 5.41) is 4.54. The molecule has 108 valence electrons. The van der Waals surface area contributed by atoms with E-state index in [1.165, 1.54) is 0 Å². The summed E-state index contributed by atoms with van der Waals surface area (Å²) in [5.41, 5.74) is 3.06. The van der Waals surface area contributed by atoms with Crippen molar-refractivity contribution in [3.05, 3.63) is 47.3 Å². The summed E-state index contributed by atoms with van der Waals surface area (Å²) in [6.07, 6.45) is 3.07. The molecule has 1 aromatic heterocycles. The standard InChI is InChI=1S/C16H21ClN2O/c1-4-13(3)19-9-8-15(18-19)11-20-16-12(2)6-5-7-14(16)10-17/h5-9,13H,4,10-11H2,1-3H3. The number of para-hydroxylation sites is 1. The number of benzene rings is 1. The van der Waals surface area contributed by atoms with Crippen molar-refractivity contribution in [3.63, 3.8) is 0 Å².